The van der Waals surface area contributed by atoms with Crippen LogP contribution in [0.4, 0.5) is 4.79 Å². The van der Waals surface area contributed by atoms with Crippen molar-refractivity contribution in [1.82, 2.24) is 15.1 Å². The molecule has 7 nitrogen and oxygen atoms in total. The number of piperazine rings is 1. The maximum absolute atomic E-state index is 12.8. The fraction of sp³-hybridized carbons (Fsp3) is 0.318. The zero-order valence-corrected chi connectivity index (χ0v) is 16.3. The Balaban J connectivity index is 1.53. The minimum atomic E-state index is -0.640. The SMILES string of the molecule is N#Cc1ccc(CN2CCN(C(=O)CC(NC(N)=O)c3ccccc3)CC2)cc1. The molecular formula is C22H25N5O2. The van der Waals surface area contributed by atoms with E-state index in [1.807, 2.05) is 59.5 Å². The summed E-state index contributed by atoms with van der Waals surface area (Å²) in [5.41, 5.74) is 7.96. The minimum absolute atomic E-state index is 0.00521. The van der Waals surface area contributed by atoms with Gasteiger partial charge in [0.05, 0.1) is 24.1 Å². The average molecular weight is 391 g/mol. The van der Waals surface area contributed by atoms with Gasteiger partial charge >= 0.3 is 6.03 Å². The van der Waals surface area contributed by atoms with Crippen LogP contribution in [0.5, 0.6) is 0 Å². The predicted molar refractivity (Wildman–Crippen MR) is 110 cm³/mol. The largest absolute Gasteiger partial charge is 0.352 e. The van der Waals surface area contributed by atoms with Crippen molar-refractivity contribution in [3.8, 4) is 6.07 Å². The highest BCUT2D eigenvalue weighted by atomic mass is 16.2. The molecule has 0 spiro atoms. The Labute approximate surface area is 170 Å². The summed E-state index contributed by atoms with van der Waals surface area (Å²) in [6.45, 7) is 3.65. The molecule has 2 aromatic rings. The number of urea groups is 1. The van der Waals surface area contributed by atoms with E-state index in [-0.39, 0.29) is 12.3 Å². The number of rotatable bonds is 6. The van der Waals surface area contributed by atoms with Crippen LogP contribution < -0.4 is 11.1 Å². The second kappa shape index (κ2) is 9.71. The van der Waals surface area contributed by atoms with Crippen LogP contribution in [0.2, 0.25) is 0 Å². The summed E-state index contributed by atoms with van der Waals surface area (Å²) >= 11 is 0. The number of nitrogens with two attached hydrogens (primary N) is 1. The van der Waals surface area contributed by atoms with E-state index in [2.05, 4.69) is 16.3 Å². The molecule has 1 atom stereocenters. The molecule has 3 rings (SSSR count). The van der Waals surface area contributed by atoms with Gasteiger partial charge in [0.1, 0.15) is 0 Å². The molecule has 1 unspecified atom stereocenters. The Morgan fingerprint density at radius 2 is 1.69 bits per heavy atom. The molecule has 1 heterocycles. The monoisotopic (exact) mass is 391 g/mol. The van der Waals surface area contributed by atoms with Crippen molar-refractivity contribution in [2.24, 2.45) is 5.73 Å². The van der Waals surface area contributed by atoms with Crippen LogP contribution >= 0.6 is 0 Å². The van der Waals surface area contributed by atoms with Gasteiger partial charge in [-0.3, -0.25) is 9.69 Å². The lowest BCUT2D eigenvalue weighted by molar-refractivity contribution is -0.133. The molecule has 0 aromatic heterocycles. The first-order chi connectivity index (χ1) is 14.0. The summed E-state index contributed by atoms with van der Waals surface area (Å²) in [6, 6.07) is 18.0. The third-order valence-electron chi connectivity index (χ3n) is 5.11. The van der Waals surface area contributed by atoms with E-state index in [4.69, 9.17) is 11.0 Å². The van der Waals surface area contributed by atoms with Crippen LogP contribution in [0.3, 0.4) is 0 Å². The maximum atomic E-state index is 12.8. The smallest absolute Gasteiger partial charge is 0.312 e. The van der Waals surface area contributed by atoms with Gasteiger partial charge in [0.2, 0.25) is 5.91 Å². The maximum Gasteiger partial charge on any atom is 0.312 e. The van der Waals surface area contributed by atoms with Crippen LogP contribution in [-0.2, 0) is 11.3 Å². The van der Waals surface area contributed by atoms with Crippen LogP contribution in [0.1, 0.15) is 29.2 Å². The van der Waals surface area contributed by atoms with Crippen molar-refractivity contribution in [3.63, 3.8) is 0 Å². The first kappa shape index (κ1) is 20.4. The van der Waals surface area contributed by atoms with E-state index >= 15 is 0 Å². The summed E-state index contributed by atoms with van der Waals surface area (Å²) in [7, 11) is 0. The summed E-state index contributed by atoms with van der Waals surface area (Å²) in [5, 5.41) is 11.6. The number of amides is 3. The molecule has 3 N–H and O–H groups in total. The second-order valence-corrected chi connectivity index (χ2v) is 7.14. The van der Waals surface area contributed by atoms with Crippen LogP contribution in [0.15, 0.2) is 54.6 Å². The first-order valence-corrected chi connectivity index (χ1v) is 9.65. The first-order valence-electron chi connectivity index (χ1n) is 9.65. The molecule has 1 fully saturated rings. The summed E-state index contributed by atoms with van der Waals surface area (Å²) in [5.74, 6) is 0.00521. The number of benzene rings is 2. The van der Waals surface area contributed by atoms with E-state index in [1.54, 1.807) is 0 Å². The molecular weight excluding hydrogens is 366 g/mol. The van der Waals surface area contributed by atoms with E-state index < -0.39 is 12.1 Å². The van der Waals surface area contributed by atoms with Crippen molar-refractivity contribution in [1.29, 1.82) is 5.26 Å². The Bertz CT molecular complexity index is 868. The van der Waals surface area contributed by atoms with E-state index in [1.165, 1.54) is 0 Å². The Morgan fingerprint density at radius 1 is 1.03 bits per heavy atom. The molecule has 29 heavy (non-hydrogen) atoms. The van der Waals surface area contributed by atoms with Crippen LogP contribution in [-0.4, -0.2) is 47.9 Å². The van der Waals surface area contributed by atoms with Crippen LogP contribution in [0, 0.1) is 11.3 Å². The third kappa shape index (κ3) is 5.80. The molecule has 1 aliphatic rings. The standard InChI is InChI=1S/C22H25N5O2/c23-15-17-6-8-18(9-7-17)16-26-10-12-27(13-11-26)21(28)14-20(25-22(24)29)19-4-2-1-3-5-19/h1-9,20H,10-14,16H2,(H3,24,25,29). The molecule has 1 saturated heterocycles. The number of primary amides is 1. The number of nitrogens with zero attached hydrogens (tertiary/aromatic N) is 3. The van der Waals surface area contributed by atoms with Gasteiger partial charge in [0, 0.05) is 32.7 Å². The second-order valence-electron chi connectivity index (χ2n) is 7.14. The topological polar surface area (TPSA) is 102 Å². The van der Waals surface area contributed by atoms with Crippen molar-refractivity contribution in [2.45, 2.75) is 19.0 Å². The number of nitriles is 1. The number of nitrogens with one attached hydrogen (secondary N) is 1. The molecule has 0 radical (unpaired) electrons. The van der Waals surface area contributed by atoms with E-state index in [9.17, 15) is 9.59 Å². The molecule has 0 bridgehead atoms. The lowest BCUT2D eigenvalue weighted by atomic mass is 10.0. The Morgan fingerprint density at radius 3 is 2.28 bits per heavy atom. The predicted octanol–water partition coefficient (Wildman–Crippen LogP) is 2.00. The molecule has 7 heteroatoms. The zero-order chi connectivity index (χ0) is 20.6. The number of carbonyl (C=O) groups excluding carboxylic acids is 2. The van der Waals surface area contributed by atoms with Crippen molar-refractivity contribution < 1.29 is 9.59 Å². The highest BCUT2D eigenvalue weighted by molar-refractivity contribution is 5.79. The Kier molecular flexibility index (Phi) is 6.82. The highest BCUT2D eigenvalue weighted by Crippen LogP contribution is 2.19. The van der Waals surface area contributed by atoms with Gasteiger partial charge < -0.3 is 16.0 Å². The molecule has 0 saturated carbocycles. The van der Waals surface area contributed by atoms with Gasteiger partial charge in [0.15, 0.2) is 0 Å². The number of carbonyl (C=O) groups is 2. The third-order valence-corrected chi connectivity index (χ3v) is 5.11. The molecule has 0 aliphatic carbocycles. The minimum Gasteiger partial charge on any atom is -0.352 e. The summed E-state index contributed by atoms with van der Waals surface area (Å²) in [4.78, 5) is 28.3. The lowest BCUT2D eigenvalue weighted by Gasteiger charge is -2.35. The molecule has 150 valence electrons. The number of hydrogen-bond donors (Lipinski definition) is 2. The fourth-order valence-corrected chi connectivity index (χ4v) is 3.51. The fourth-order valence-electron chi connectivity index (χ4n) is 3.51. The summed E-state index contributed by atoms with van der Waals surface area (Å²) < 4.78 is 0. The average Bonchev–Trinajstić information content (AvgIpc) is 2.74. The van der Waals surface area contributed by atoms with E-state index in [0.29, 0.717) is 18.7 Å². The molecule has 1 aliphatic heterocycles. The van der Waals surface area contributed by atoms with E-state index in [0.717, 1.165) is 30.8 Å². The molecule has 2 aromatic carbocycles. The number of hydrogen-bond acceptors (Lipinski definition) is 4. The highest BCUT2D eigenvalue weighted by Gasteiger charge is 2.25. The van der Waals surface area contributed by atoms with Gasteiger partial charge in [-0.2, -0.15) is 5.26 Å². The van der Waals surface area contributed by atoms with Crippen LogP contribution in [0.25, 0.3) is 0 Å². The van der Waals surface area contributed by atoms with Gasteiger partial charge in [-0.25, -0.2) is 4.79 Å². The Hall–Kier alpha value is -3.37. The quantitative estimate of drug-likeness (QED) is 0.786. The zero-order valence-electron chi connectivity index (χ0n) is 16.3. The van der Waals surface area contributed by atoms with Crippen molar-refractivity contribution in [2.75, 3.05) is 26.2 Å². The van der Waals surface area contributed by atoms with Crippen molar-refractivity contribution >= 4 is 11.9 Å². The normalized spacial score (nSPS) is 15.3. The molecule has 3 amide bonds. The van der Waals surface area contributed by atoms with Gasteiger partial charge in [-0.1, -0.05) is 42.5 Å². The van der Waals surface area contributed by atoms with Gasteiger partial charge in [0.25, 0.3) is 0 Å². The summed E-state index contributed by atoms with van der Waals surface area (Å²) in [6.07, 6.45) is 0.183. The lowest BCUT2D eigenvalue weighted by Crippen LogP contribution is -2.49. The van der Waals surface area contributed by atoms with Gasteiger partial charge in [-0.05, 0) is 23.3 Å². The van der Waals surface area contributed by atoms with Gasteiger partial charge in [-0.15, -0.1) is 0 Å². The van der Waals surface area contributed by atoms with Crippen molar-refractivity contribution in [3.05, 3.63) is 71.3 Å².